The summed E-state index contributed by atoms with van der Waals surface area (Å²) in [4.78, 5) is 10.8. The molecule has 0 aliphatic rings. The zero-order valence-electron chi connectivity index (χ0n) is 6.52. The predicted molar refractivity (Wildman–Crippen MR) is 49.4 cm³/mol. The summed E-state index contributed by atoms with van der Waals surface area (Å²) in [7, 11) is -4.31. The van der Waals surface area contributed by atoms with E-state index in [-0.39, 0.29) is 35.1 Å². The molecule has 1 unspecified atom stereocenters. The second-order valence-electron chi connectivity index (χ2n) is 2.41. The van der Waals surface area contributed by atoms with E-state index in [4.69, 9.17) is 9.66 Å². The molecule has 0 radical (unpaired) electrons. The van der Waals surface area contributed by atoms with Crippen LogP contribution in [0, 0.1) is 0 Å². The van der Waals surface area contributed by atoms with Crippen molar-refractivity contribution in [2.24, 2.45) is 0 Å². The Morgan fingerprint density at radius 2 is 1.92 bits per heavy atom. The van der Waals surface area contributed by atoms with Gasteiger partial charge in [0, 0.05) is 0 Å². The van der Waals surface area contributed by atoms with E-state index >= 15 is 0 Å². The standard InChI is InChI=1S/C6H10O5S.Na.H/c1-4(2)6(8)5(7)3-12(9,10)11;;/h5,7H,1,3H2,2H3,(H,9,10,11);;. The van der Waals surface area contributed by atoms with Crippen molar-refractivity contribution in [3.8, 4) is 0 Å². The molecule has 0 aliphatic carbocycles. The number of rotatable bonds is 4. The Hall–Kier alpha value is 0.280. The van der Waals surface area contributed by atoms with Crippen molar-refractivity contribution >= 4 is 45.5 Å². The van der Waals surface area contributed by atoms with E-state index < -0.39 is 27.8 Å². The molecule has 0 aromatic rings. The van der Waals surface area contributed by atoms with Gasteiger partial charge in [-0.15, -0.1) is 0 Å². The van der Waals surface area contributed by atoms with Crippen LogP contribution in [0.3, 0.4) is 0 Å². The Balaban J connectivity index is 0. The molecule has 1 atom stereocenters. The van der Waals surface area contributed by atoms with E-state index in [1.165, 1.54) is 6.92 Å². The molecule has 0 heterocycles. The SMILES string of the molecule is C=C(C)C(=O)C(O)CS(=O)(=O)O.[NaH]. The van der Waals surface area contributed by atoms with Crippen molar-refractivity contribution in [2.75, 3.05) is 5.75 Å². The molecular weight excluding hydrogens is 207 g/mol. The Morgan fingerprint density at radius 1 is 1.54 bits per heavy atom. The first kappa shape index (κ1) is 15.7. The van der Waals surface area contributed by atoms with Gasteiger partial charge in [0.05, 0.1) is 0 Å². The molecule has 0 amide bonds. The van der Waals surface area contributed by atoms with E-state index in [2.05, 4.69) is 6.58 Å². The fourth-order valence-electron chi connectivity index (χ4n) is 0.560. The number of aliphatic hydroxyl groups excluding tert-OH is 1. The van der Waals surface area contributed by atoms with E-state index in [0.29, 0.717) is 0 Å². The van der Waals surface area contributed by atoms with Gasteiger partial charge < -0.3 is 5.11 Å². The molecule has 72 valence electrons. The zero-order valence-corrected chi connectivity index (χ0v) is 7.34. The van der Waals surface area contributed by atoms with E-state index in [0.717, 1.165) is 0 Å². The van der Waals surface area contributed by atoms with Crippen molar-refractivity contribution < 1.29 is 22.9 Å². The molecule has 0 aromatic heterocycles. The Bertz CT molecular complexity index is 294. The molecule has 0 bridgehead atoms. The molecule has 5 nitrogen and oxygen atoms in total. The summed E-state index contributed by atoms with van der Waals surface area (Å²) in [6.07, 6.45) is -1.72. The van der Waals surface area contributed by atoms with Crippen molar-refractivity contribution in [2.45, 2.75) is 13.0 Å². The molecule has 0 rings (SSSR count). The van der Waals surface area contributed by atoms with Crippen molar-refractivity contribution in [3.05, 3.63) is 12.2 Å². The van der Waals surface area contributed by atoms with Crippen LogP contribution in [-0.2, 0) is 14.9 Å². The second kappa shape index (κ2) is 5.90. The molecule has 0 aromatic carbocycles. The molecule has 0 saturated heterocycles. The van der Waals surface area contributed by atoms with E-state index in [1.807, 2.05) is 0 Å². The molecule has 0 spiro atoms. The summed E-state index contributed by atoms with van der Waals surface area (Å²) >= 11 is 0. The molecule has 0 aliphatic heterocycles. The maximum absolute atomic E-state index is 10.8. The molecule has 0 saturated carbocycles. The number of aliphatic hydroxyl groups is 1. The van der Waals surface area contributed by atoms with Gasteiger partial charge in [-0.3, -0.25) is 9.35 Å². The van der Waals surface area contributed by atoms with Crippen LogP contribution in [0.4, 0.5) is 0 Å². The fraction of sp³-hybridized carbons (Fsp3) is 0.500. The van der Waals surface area contributed by atoms with Crippen LogP contribution in [0.1, 0.15) is 6.92 Å². The van der Waals surface area contributed by atoms with E-state index in [1.54, 1.807) is 0 Å². The van der Waals surface area contributed by atoms with Crippen LogP contribution in [0.25, 0.3) is 0 Å². The van der Waals surface area contributed by atoms with Crippen LogP contribution in [-0.4, -0.2) is 65.3 Å². The molecule has 13 heavy (non-hydrogen) atoms. The monoisotopic (exact) mass is 218 g/mol. The van der Waals surface area contributed by atoms with Gasteiger partial charge in [-0.1, -0.05) is 6.58 Å². The number of hydrogen-bond donors (Lipinski definition) is 2. The van der Waals surface area contributed by atoms with Crippen molar-refractivity contribution in [1.29, 1.82) is 0 Å². The summed E-state index contributed by atoms with van der Waals surface area (Å²) in [5, 5.41) is 8.87. The first-order chi connectivity index (χ1) is 5.24. The topological polar surface area (TPSA) is 91.7 Å². The average Bonchev–Trinajstić information content (AvgIpc) is 1.82. The predicted octanol–water partition coefficient (Wildman–Crippen LogP) is -1.27. The molecule has 0 fully saturated rings. The third-order valence-electron chi connectivity index (χ3n) is 1.09. The normalized spacial score (nSPS) is 12.8. The van der Waals surface area contributed by atoms with Gasteiger partial charge in [-0.05, 0) is 12.5 Å². The molecular formula is C6H11NaO5S. The van der Waals surface area contributed by atoms with Crippen LogP contribution < -0.4 is 0 Å². The van der Waals surface area contributed by atoms with Gasteiger partial charge in [-0.25, -0.2) is 0 Å². The van der Waals surface area contributed by atoms with Gasteiger partial charge >= 0.3 is 29.6 Å². The van der Waals surface area contributed by atoms with Gasteiger partial charge in [0.2, 0.25) is 0 Å². The maximum atomic E-state index is 10.8. The van der Waals surface area contributed by atoms with Crippen LogP contribution in [0.5, 0.6) is 0 Å². The summed E-state index contributed by atoms with van der Waals surface area (Å²) < 4.78 is 28.6. The first-order valence-electron chi connectivity index (χ1n) is 3.07. The third-order valence-corrected chi connectivity index (χ3v) is 1.83. The van der Waals surface area contributed by atoms with E-state index in [9.17, 15) is 13.2 Å². The fourth-order valence-corrected chi connectivity index (χ4v) is 1.11. The van der Waals surface area contributed by atoms with Crippen LogP contribution in [0.2, 0.25) is 0 Å². The molecule has 2 N–H and O–H groups in total. The number of carbonyl (C=O) groups excluding carboxylic acids is 1. The van der Waals surface area contributed by atoms with Gasteiger partial charge in [0.1, 0.15) is 11.9 Å². The third kappa shape index (κ3) is 7.36. The van der Waals surface area contributed by atoms with Gasteiger partial charge in [0.25, 0.3) is 10.1 Å². The summed E-state index contributed by atoms with van der Waals surface area (Å²) in [5.41, 5.74) is 0.0474. The quantitative estimate of drug-likeness (QED) is 0.349. The number of carbonyl (C=O) groups is 1. The summed E-state index contributed by atoms with van der Waals surface area (Å²) in [6, 6.07) is 0. The average molecular weight is 218 g/mol. The Morgan fingerprint density at radius 3 is 2.15 bits per heavy atom. The number of hydrogen-bond acceptors (Lipinski definition) is 4. The zero-order chi connectivity index (χ0) is 9.94. The van der Waals surface area contributed by atoms with Crippen LogP contribution >= 0.6 is 0 Å². The summed E-state index contributed by atoms with van der Waals surface area (Å²) in [6.45, 7) is 4.56. The minimum absolute atomic E-state index is 0. The van der Waals surface area contributed by atoms with Gasteiger partial charge in [0.15, 0.2) is 5.78 Å². The Kier molecular flexibility index (Phi) is 7.14. The van der Waals surface area contributed by atoms with Crippen LogP contribution in [0.15, 0.2) is 12.2 Å². The minimum atomic E-state index is -4.31. The number of ketones is 1. The van der Waals surface area contributed by atoms with Crippen molar-refractivity contribution in [3.63, 3.8) is 0 Å². The molecule has 7 heteroatoms. The Labute approximate surface area is 98.9 Å². The van der Waals surface area contributed by atoms with Gasteiger partial charge in [-0.2, -0.15) is 8.42 Å². The summed E-state index contributed by atoms with van der Waals surface area (Å²) in [5.74, 6) is -1.77. The first-order valence-corrected chi connectivity index (χ1v) is 4.68. The number of Topliss-reactive ketones (excluding diaryl/α,β-unsaturated/α-hetero) is 1. The second-order valence-corrected chi connectivity index (χ2v) is 3.91. The van der Waals surface area contributed by atoms with Crippen molar-refractivity contribution in [1.82, 2.24) is 0 Å².